The molecule has 0 bridgehead atoms. The first-order valence-corrected chi connectivity index (χ1v) is 13.1. The van der Waals surface area contributed by atoms with Gasteiger partial charge in [-0.1, -0.05) is 12.1 Å². The van der Waals surface area contributed by atoms with Gasteiger partial charge in [0.1, 0.15) is 11.9 Å². The van der Waals surface area contributed by atoms with Crippen LogP contribution in [0.3, 0.4) is 0 Å². The molecule has 0 N–H and O–H groups in total. The summed E-state index contributed by atoms with van der Waals surface area (Å²) in [5, 5.41) is 0. The maximum Gasteiger partial charge on any atom is 0.296 e. The Morgan fingerprint density at radius 1 is 1.08 bits per heavy atom. The number of anilines is 1. The van der Waals surface area contributed by atoms with Gasteiger partial charge in [-0.3, -0.25) is 9.36 Å². The summed E-state index contributed by atoms with van der Waals surface area (Å²) in [5.41, 5.74) is 0.984. The van der Waals surface area contributed by atoms with Gasteiger partial charge in [-0.2, -0.15) is 9.97 Å². The number of hydrogen-bond acceptors (Lipinski definition) is 8. The van der Waals surface area contributed by atoms with Crippen molar-refractivity contribution in [2.24, 2.45) is 5.92 Å². The van der Waals surface area contributed by atoms with Crippen molar-refractivity contribution < 1.29 is 27.8 Å². The van der Waals surface area contributed by atoms with Crippen LogP contribution in [0.2, 0.25) is 0 Å². The number of para-hydroxylation sites is 2. The first-order valence-electron chi connectivity index (χ1n) is 13.1. The third-order valence-electron chi connectivity index (χ3n) is 7.25. The summed E-state index contributed by atoms with van der Waals surface area (Å²) in [5.74, 6) is 0.746. The number of hydrogen-bond donors (Lipinski definition) is 0. The molecule has 6 rings (SSSR count). The van der Waals surface area contributed by atoms with Crippen LogP contribution in [0.1, 0.15) is 31.5 Å². The summed E-state index contributed by atoms with van der Waals surface area (Å²) in [6, 6.07) is 8.55. The Hall–Kier alpha value is -3.38. The number of likely N-dealkylation sites (tertiary alicyclic amines) is 1. The minimum absolute atomic E-state index is 0.0513. The molecule has 2 aromatic heterocycles. The molecule has 1 amide bonds. The van der Waals surface area contributed by atoms with Crippen LogP contribution < -0.4 is 9.64 Å². The van der Waals surface area contributed by atoms with E-state index in [9.17, 15) is 13.6 Å². The first-order chi connectivity index (χ1) is 18.6. The fraction of sp³-hybridized carbons (Fsp3) is 0.538. The number of ether oxygens (including phenoxy) is 3. The molecule has 10 nitrogen and oxygen atoms in total. The highest BCUT2D eigenvalue weighted by Crippen LogP contribution is 2.30. The number of aromatic nitrogens is 4. The van der Waals surface area contributed by atoms with Gasteiger partial charge in [0.15, 0.2) is 5.82 Å². The summed E-state index contributed by atoms with van der Waals surface area (Å²) in [6.45, 7) is 4.45. The number of carbonyl (C=O) groups is 1. The number of halogens is 2. The van der Waals surface area contributed by atoms with Crippen LogP contribution in [0.15, 0.2) is 30.3 Å². The van der Waals surface area contributed by atoms with Crippen molar-refractivity contribution in [2.45, 2.75) is 31.8 Å². The van der Waals surface area contributed by atoms with Gasteiger partial charge in [-0.15, -0.1) is 0 Å². The summed E-state index contributed by atoms with van der Waals surface area (Å²) < 4.78 is 46.6. The van der Waals surface area contributed by atoms with Gasteiger partial charge < -0.3 is 24.0 Å². The van der Waals surface area contributed by atoms with Crippen LogP contribution in [0.25, 0.3) is 16.9 Å². The minimum atomic E-state index is -2.79. The number of benzene rings is 1. The molecule has 3 saturated heterocycles. The largest absolute Gasteiger partial charge is 0.477 e. The van der Waals surface area contributed by atoms with Crippen molar-refractivity contribution in [2.75, 3.05) is 57.5 Å². The van der Waals surface area contributed by atoms with E-state index in [0.717, 1.165) is 19.3 Å². The number of rotatable bonds is 7. The maximum absolute atomic E-state index is 14.0. The zero-order valence-corrected chi connectivity index (χ0v) is 21.0. The molecule has 0 aliphatic carbocycles. The molecular weight excluding hydrogens is 498 g/mol. The lowest BCUT2D eigenvalue weighted by atomic mass is 10.1. The van der Waals surface area contributed by atoms with Crippen molar-refractivity contribution in [3.63, 3.8) is 0 Å². The molecular formula is C26H30F2N6O4. The predicted molar refractivity (Wildman–Crippen MR) is 134 cm³/mol. The van der Waals surface area contributed by atoms with Gasteiger partial charge in [0.05, 0.1) is 30.9 Å². The van der Waals surface area contributed by atoms with Crippen molar-refractivity contribution >= 4 is 22.9 Å². The second-order valence-electron chi connectivity index (χ2n) is 9.81. The van der Waals surface area contributed by atoms with E-state index < -0.39 is 6.43 Å². The Labute approximate surface area is 218 Å². The molecule has 0 saturated carbocycles. The van der Waals surface area contributed by atoms with E-state index in [1.165, 1.54) is 4.57 Å². The second kappa shape index (κ2) is 10.8. The number of morpholine rings is 1. The molecule has 202 valence electrons. The molecule has 0 unspecified atom stereocenters. The molecule has 3 aromatic rings. The molecule has 1 aromatic carbocycles. The summed E-state index contributed by atoms with van der Waals surface area (Å²) in [7, 11) is 0. The van der Waals surface area contributed by atoms with Crippen molar-refractivity contribution in [1.82, 2.24) is 24.4 Å². The molecule has 12 heteroatoms. The van der Waals surface area contributed by atoms with Crippen LogP contribution in [0, 0.1) is 5.92 Å². The number of amides is 1. The van der Waals surface area contributed by atoms with Gasteiger partial charge in [0.2, 0.25) is 11.8 Å². The maximum atomic E-state index is 14.0. The summed E-state index contributed by atoms with van der Waals surface area (Å²) in [6.07, 6.45) is -0.621. The van der Waals surface area contributed by atoms with Gasteiger partial charge >= 0.3 is 0 Å². The van der Waals surface area contributed by atoms with Crippen LogP contribution in [-0.2, 0) is 14.3 Å². The van der Waals surface area contributed by atoms with E-state index in [4.69, 9.17) is 14.2 Å². The van der Waals surface area contributed by atoms with Crippen LogP contribution in [-0.4, -0.2) is 89.0 Å². The number of nitrogens with zero attached hydrogens (tertiary/aromatic N) is 6. The third-order valence-corrected chi connectivity index (χ3v) is 7.25. The van der Waals surface area contributed by atoms with Gasteiger partial charge in [-0.05, 0) is 31.4 Å². The van der Waals surface area contributed by atoms with E-state index in [2.05, 4.69) is 15.0 Å². The van der Waals surface area contributed by atoms with E-state index in [-0.39, 0.29) is 29.6 Å². The molecule has 3 fully saturated rings. The van der Waals surface area contributed by atoms with E-state index >= 15 is 0 Å². The monoisotopic (exact) mass is 528 g/mol. The average molecular weight is 529 g/mol. The molecule has 2 atom stereocenters. The zero-order chi connectivity index (χ0) is 26.1. The predicted octanol–water partition coefficient (Wildman–Crippen LogP) is 3.00. The number of carbonyl (C=O) groups excluding carboxylic acids is 1. The molecule has 0 radical (unpaired) electrons. The van der Waals surface area contributed by atoms with Gasteiger partial charge in [0, 0.05) is 44.8 Å². The van der Waals surface area contributed by atoms with E-state index in [0.29, 0.717) is 75.5 Å². The fourth-order valence-corrected chi connectivity index (χ4v) is 5.27. The Bertz CT molecular complexity index is 1290. The van der Waals surface area contributed by atoms with Crippen molar-refractivity contribution in [1.29, 1.82) is 0 Å². The Morgan fingerprint density at radius 3 is 2.71 bits per heavy atom. The lowest BCUT2D eigenvalue weighted by Crippen LogP contribution is -2.38. The molecule has 0 spiro atoms. The third kappa shape index (κ3) is 5.02. The normalized spacial score (nSPS) is 22.1. The highest BCUT2D eigenvalue weighted by atomic mass is 19.3. The van der Waals surface area contributed by atoms with Gasteiger partial charge in [0.25, 0.3) is 12.3 Å². The van der Waals surface area contributed by atoms with Crippen molar-refractivity contribution in [3.8, 4) is 11.7 Å². The van der Waals surface area contributed by atoms with Crippen LogP contribution >= 0.6 is 0 Å². The standard InChI is InChI=1S/C26H30F2N6O4/c27-23(28)24-29-18-4-1-2-5-19(18)34(24)21-14-22(31-26(30-21)32-9-12-36-13-10-32)38-16-17-7-8-33(15-17)25(35)20-6-3-11-37-20/h1-2,4-5,14,17,20,23H,3,6-13,15-16H2/t17-,20-/m0/s1. The van der Waals surface area contributed by atoms with Gasteiger partial charge in [-0.25, -0.2) is 13.8 Å². The molecule has 5 heterocycles. The Kier molecular flexibility index (Phi) is 7.07. The zero-order valence-electron chi connectivity index (χ0n) is 21.0. The van der Waals surface area contributed by atoms with Crippen LogP contribution in [0.5, 0.6) is 5.88 Å². The number of alkyl halides is 2. The first kappa shape index (κ1) is 24.9. The highest BCUT2D eigenvalue weighted by Gasteiger charge is 2.33. The lowest BCUT2D eigenvalue weighted by Gasteiger charge is -2.27. The second-order valence-corrected chi connectivity index (χ2v) is 9.81. The molecule has 38 heavy (non-hydrogen) atoms. The van der Waals surface area contributed by atoms with E-state index in [1.54, 1.807) is 30.3 Å². The number of fused-ring (bicyclic) bond motifs is 1. The van der Waals surface area contributed by atoms with E-state index in [1.807, 2.05) is 9.80 Å². The summed E-state index contributed by atoms with van der Waals surface area (Å²) in [4.78, 5) is 29.9. The quantitative estimate of drug-likeness (QED) is 0.462. The van der Waals surface area contributed by atoms with Crippen molar-refractivity contribution in [3.05, 3.63) is 36.2 Å². The fourth-order valence-electron chi connectivity index (χ4n) is 5.27. The SMILES string of the molecule is O=C([C@@H]1CCCO1)N1CC[C@H](COc2cc(-n3c(C(F)F)nc4ccccc43)nc(N3CCOCC3)n2)C1. The Morgan fingerprint density at radius 2 is 1.92 bits per heavy atom. The molecule has 3 aliphatic heterocycles. The topological polar surface area (TPSA) is 94.8 Å². The number of imidazole rings is 1. The average Bonchev–Trinajstić information content (AvgIpc) is 3.72. The Balaban J connectivity index is 1.26. The smallest absolute Gasteiger partial charge is 0.296 e. The highest BCUT2D eigenvalue weighted by molar-refractivity contribution is 5.81. The lowest BCUT2D eigenvalue weighted by molar-refractivity contribution is -0.139. The molecule has 3 aliphatic rings. The minimum Gasteiger partial charge on any atom is -0.477 e. The van der Waals surface area contributed by atoms with Crippen LogP contribution in [0.4, 0.5) is 14.7 Å². The summed E-state index contributed by atoms with van der Waals surface area (Å²) >= 11 is 0.